The number of allylic oxidation sites excluding steroid dienone is 3. The number of alkyl halides is 1. The van der Waals surface area contributed by atoms with Crippen LogP contribution in [0.15, 0.2) is 23.3 Å². The Hall–Kier alpha value is -0.630. The molecule has 0 heterocycles. The molecule has 2 heteroatoms. The first-order valence-electron chi connectivity index (χ1n) is 4.67. The molecule has 0 amide bonds. The summed E-state index contributed by atoms with van der Waals surface area (Å²) in [6.07, 6.45) is 5.17. The average Bonchev–Trinajstić information content (AvgIpc) is 2.14. The van der Waals surface area contributed by atoms with E-state index in [4.69, 9.17) is 4.74 Å². The highest BCUT2D eigenvalue weighted by Gasteiger charge is 1.89. The molecule has 0 bridgehead atoms. The molecule has 0 aliphatic heterocycles. The third kappa shape index (κ3) is 7.72. The smallest absolute Gasteiger partial charge is 0.113 e. The number of rotatable bonds is 6. The van der Waals surface area contributed by atoms with E-state index in [-0.39, 0.29) is 6.61 Å². The van der Waals surface area contributed by atoms with Gasteiger partial charge in [0.25, 0.3) is 0 Å². The Balaban J connectivity index is 3.75. The number of hydrogen-bond acceptors (Lipinski definition) is 1. The fourth-order valence-corrected chi connectivity index (χ4v) is 0.738. The molecular formula is C11H19FO. The Morgan fingerprint density at radius 2 is 1.85 bits per heavy atom. The molecule has 0 aliphatic carbocycles. The molecule has 0 rings (SSSR count). The van der Waals surface area contributed by atoms with Gasteiger partial charge in [-0.15, -0.1) is 0 Å². The van der Waals surface area contributed by atoms with Crippen LogP contribution in [0, 0.1) is 0 Å². The van der Waals surface area contributed by atoms with Crippen molar-refractivity contribution in [2.45, 2.75) is 27.2 Å². The minimum Gasteiger partial charge on any atom is -0.374 e. The van der Waals surface area contributed by atoms with Gasteiger partial charge in [0.05, 0.1) is 13.2 Å². The molecule has 0 N–H and O–H groups in total. The first-order chi connectivity index (χ1) is 6.20. The maximum atomic E-state index is 11.7. The largest absolute Gasteiger partial charge is 0.374 e. The lowest BCUT2D eigenvalue weighted by atomic mass is 10.2. The molecule has 0 saturated heterocycles. The summed E-state index contributed by atoms with van der Waals surface area (Å²) in [5.41, 5.74) is 2.46. The molecule has 0 aliphatic rings. The van der Waals surface area contributed by atoms with E-state index in [2.05, 4.69) is 19.9 Å². The summed E-state index contributed by atoms with van der Waals surface area (Å²) >= 11 is 0. The predicted octanol–water partition coefficient (Wildman–Crippen LogP) is 3.28. The Labute approximate surface area is 80.3 Å². The molecule has 0 aromatic heterocycles. The highest BCUT2D eigenvalue weighted by molar-refractivity contribution is 5.15. The second-order valence-electron chi connectivity index (χ2n) is 3.12. The van der Waals surface area contributed by atoms with Gasteiger partial charge in [-0.05, 0) is 25.8 Å². The van der Waals surface area contributed by atoms with E-state index in [0.29, 0.717) is 6.61 Å². The molecule has 0 aromatic carbocycles. The zero-order chi connectivity index (χ0) is 10.1. The van der Waals surface area contributed by atoms with Crippen molar-refractivity contribution in [3.8, 4) is 0 Å². The maximum absolute atomic E-state index is 11.7. The number of ether oxygens (including phenoxy) is 1. The predicted molar refractivity (Wildman–Crippen MR) is 54.6 cm³/mol. The van der Waals surface area contributed by atoms with Crippen LogP contribution in [0.3, 0.4) is 0 Å². The summed E-state index contributed by atoms with van der Waals surface area (Å²) in [5.74, 6) is 0. The maximum Gasteiger partial charge on any atom is 0.113 e. The molecule has 76 valence electrons. The van der Waals surface area contributed by atoms with Gasteiger partial charge >= 0.3 is 0 Å². The van der Waals surface area contributed by atoms with Crippen molar-refractivity contribution in [2.75, 3.05) is 19.9 Å². The lowest BCUT2D eigenvalue weighted by Gasteiger charge is -2.00. The molecule has 13 heavy (non-hydrogen) atoms. The average molecular weight is 186 g/mol. The number of halogens is 1. The second kappa shape index (κ2) is 7.99. The Bertz CT molecular complexity index is 183. The van der Waals surface area contributed by atoms with Gasteiger partial charge < -0.3 is 4.74 Å². The van der Waals surface area contributed by atoms with Gasteiger partial charge in [-0.3, -0.25) is 0 Å². The zero-order valence-corrected chi connectivity index (χ0v) is 8.77. The van der Waals surface area contributed by atoms with Gasteiger partial charge in [-0.2, -0.15) is 0 Å². The van der Waals surface area contributed by atoms with Crippen LogP contribution in [0.1, 0.15) is 27.2 Å². The minimum atomic E-state index is -0.406. The molecule has 0 aromatic rings. The van der Waals surface area contributed by atoms with Crippen molar-refractivity contribution in [3.63, 3.8) is 0 Å². The summed E-state index contributed by atoms with van der Waals surface area (Å²) in [6, 6.07) is 0. The van der Waals surface area contributed by atoms with E-state index >= 15 is 0 Å². The van der Waals surface area contributed by atoms with Gasteiger partial charge in [0.1, 0.15) is 6.67 Å². The van der Waals surface area contributed by atoms with Gasteiger partial charge in [-0.25, -0.2) is 4.39 Å². The van der Waals surface area contributed by atoms with Crippen LogP contribution in [-0.2, 0) is 4.74 Å². The summed E-state index contributed by atoms with van der Waals surface area (Å²) in [7, 11) is 0. The highest BCUT2D eigenvalue weighted by atomic mass is 19.1. The molecule has 0 radical (unpaired) electrons. The standard InChI is InChI=1S/C11H19FO/c1-4-10(2)5-6-11(3)9-13-8-7-12/h5-6H,4,7-9H2,1-3H3/b10-5-,11-6+. The fourth-order valence-electron chi connectivity index (χ4n) is 0.738. The first-order valence-corrected chi connectivity index (χ1v) is 4.67. The fraction of sp³-hybridized carbons (Fsp3) is 0.636. The highest BCUT2D eigenvalue weighted by Crippen LogP contribution is 2.01. The second-order valence-corrected chi connectivity index (χ2v) is 3.12. The van der Waals surface area contributed by atoms with E-state index < -0.39 is 6.67 Å². The quantitative estimate of drug-likeness (QED) is 0.457. The summed E-state index contributed by atoms with van der Waals surface area (Å²) < 4.78 is 16.7. The topological polar surface area (TPSA) is 9.23 Å². The number of hydrogen-bond donors (Lipinski definition) is 0. The van der Waals surface area contributed by atoms with Crippen molar-refractivity contribution in [2.24, 2.45) is 0 Å². The SMILES string of the molecule is CC/C(C)=C\C=C(/C)COCCF. The third-order valence-corrected chi connectivity index (χ3v) is 1.76. The molecule has 0 atom stereocenters. The molecule has 0 unspecified atom stereocenters. The molecule has 1 nitrogen and oxygen atoms in total. The van der Waals surface area contributed by atoms with E-state index in [1.54, 1.807) is 0 Å². The van der Waals surface area contributed by atoms with Crippen molar-refractivity contribution in [1.29, 1.82) is 0 Å². The van der Waals surface area contributed by atoms with Crippen LogP contribution >= 0.6 is 0 Å². The zero-order valence-electron chi connectivity index (χ0n) is 8.77. The van der Waals surface area contributed by atoms with Gasteiger partial charge in [0, 0.05) is 0 Å². The summed E-state index contributed by atoms with van der Waals surface area (Å²) in [4.78, 5) is 0. The van der Waals surface area contributed by atoms with Crippen molar-refractivity contribution >= 4 is 0 Å². The molecule has 0 spiro atoms. The Kier molecular flexibility index (Phi) is 7.60. The monoisotopic (exact) mass is 186 g/mol. The van der Waals surface area contributed by atoms with Crippen molar-refractivity contribution in [3.05, 3.63) is 23.3 Å². The van der Waals surface area contributed by atoms with Crippen molar-refractivity contribution < 1.29 is 9.13 Å². The Morgan fingerprint density at radius 1 is 1.23 bits per heavy atom. The van der Waals surface area contributed by atoms with Gasteiger partial charge in [0.15, 0.2) is 0 Å². The Morgan fingerprint density at radius 3 is 2.38 bits per heavy atom. The normalized spacial score (nSPS) is 13.5. The van der Waals surface area contributed by atoms with Crippen LogP contribution in [0.4, 0.5) is 4.39 Å². The van der Waals surface area contributed by atoms with Gasteiger partial charge in [-0.1, -0.05) is 24.6 Å². The van der Waals surface area contributed by atoms with Gasteiger partial charge in [0.2, 0.25) is 0 Å². The lowest BCUT2D eigenvalue weighted by Crippen LogP contribution is -1.98. The van der Waals surface area contributed by atoms with Crippen LogP contribution in [0.25, 0.3) is 0 Å². The van der Waals surface area contributed by atoms with Crippen molar-refractivity contribution in [1.82, 2.24) is 0 Å². The lowest BCUT2D eigenvalue weighted by molar-refractivity contribution is 0.138. The van der Waals surface area contributed by atoms with Crippen LogP contribution in [0.2, 0.25) is 0 Å². The third-order valence-electron chi connectivity index (χ3n) is 1.76. The van der Waals surface area contributed by atoms with Crippen LogP contribution in [-0.4, -0.2) is 19.9 Å². The molecule has 0 fully saturated rings. The van der Waals surface area contributed by atoms with E-state index in [1.807, 2.05) is 13.0 Å². The van der Waals surface area contributed by atoms with E-state index in [9.17, 15) is 4.39 Å². The molecule has 0 saturated carbocycles. The van der Waals surface area contributed by atoms with E-state index in [0.717, 1.165) is 12.0 Å². The summed E-state index contributed by atoms with van der Waals surface area (Å²) in [5, 5.41) is 0. The summed E-state index contributed by atoms with van der Waals surface area (Å²) in [6.45, 7) is 6.51. The van der Waals surface area contributed by atoms with E-state index in [1.165, 1.54) is 5.57 Å². The molecular weight excluding hydrogens is 167 g/mol. The van der Waals surface area contributed by atoms with Crippen LogP contribution in [0.5, 0.6) is 0 Å². The first kappa shape index (κ1) is 12.4. The van der Waals surface area contributed by atoms with Crippen LogP contribution < -0.4 is 0 Å². The minimum absolute atomic E-state index is 0.196.